The summed E-state index contributed by atoms with van der Waals surface area (Å²) in [4.78, 5) is 22.5. The van der Waals surface area contributed by atoms with Gasteiger partial charge in [-0.05, 0) is 12.1 Å². The third kappa shape index (κ3) is 6.71. The molecule has 0 bridgehead atoms. The van der Waals surface area contributed by atoms with E-state index in [1.165, 1.54) is 25.3 Å². The maximum atomic E-state index is 12.9. The molecule has 1 atom stereocenters. The molecule has 0 radical (unpaired) electrons. The molecule has 0 saturated carbocycles. The molecule has 0 heterocycles. The second-order valence-electron chi connectivity index (χ2n) is 4.30. The molecule has 1 aromatic rings. The molecule has 0 aliphatic rings. The average molecular weight is 299 g/mol. The molecule has 1 rings (SSSR count). The Hall–Kier alpha value is -2.15. The number of halogens is 1. The molecule has 0 aliphatic carbocycles. The van der Waals surface area contributed by atoms with Gasteiger partial charge in [0.1, 0.15) is 17.6 Å². The van der Waals surface area contributed by atoms with Gasteiger partial charge >= 0.3 is 5.97 Å². The smallest absolute Gasteiger partial charge is 0.326 e. The van der Waals surface area contributed by atoms with E-state index in [0.29, 0.717) is 5.75 Å². The van der Waals surface area contributed by atoms with Crippen molar-refractivity contribution in [1.29, 1.82) is 0 Å². The fourth-order valence-corrected chi connectivity index (χ4v) is 1.58. The van der Waals surface area contributed by atoms with Crippen LogP contribution in [0.1, 0.15) is 12.8 Å². The molecular weight excluding hydrogens is 281 g/mol. The largest absolute Gasteiger partial charge is 0.493 e. The molecule has 0 aliphatic heterocycles. The van der Waals surface area contributed by atoms with E-state index in [0.717, 1.165) is 0 Å². The van der Waals surface area contributed by atoms with Crippen LogP contribution in [0.5, 0.6) is 5.75 Å². The highest BCUT2D eigenvalue weighted by Crippen LogP contribution is 2.11. The van der Waals surface area contributed by atoms with Crippen molar-refractivity contribution in [1.82, 2.24) is 5.32 Å². The number of carboxylic acid groups (broad SMARTS) is 1. The Kier molecular flexibility index (Phi) is 7.17. The number of hydrogen-bond acceptors (Lipinski definition) is 4. The molecule has 1 amide bonds. The van der Waals surface area contributed by atoms with Crippen molar-refractivity contribution in [2.75, 3.05) is 20.3 Å². The van der Waals surface area contributed by atoms with Gasteiger partial charge in [0.2, 0.25) is 5.91 Å². The number of rotatable bonds is 9. The maximum absolute atomic E-state index is 12.9. The van der Waals surface area contributed by atoms with Crippen molar-refractivity contribution in [2.24, 2.45) is 0 Å². The number of nitrogens with one attached hydrogen (secondary N) is 1. The zero-order valence-electron chi connectivity index (χ0n) is 11.7. The van der Waals surface area contributed by atoms with Crippen LogP contribution in [0, 0.1) is 5.82 Å². The van der Waals surface area contributed by atoms with E-state index in [2.05, 4.69) is 5.32 Å². The zero-order valence-corrected chi connectivity index (χ0v) is 11.7. The lowest BCUT2D eigenvalue weighted by Gasteiger charge is -2.14. The van der Waals surface area contributed by atoms with E-state index >= 15 is 0 Å². The standard InChI is InChI=1S/C14H18FNO5/c1-20-7-5-12(14(18)19)16-13(17)6-8-21-11-4-2-3-10(15)9-11/h2-4,9,12H,5-8H2,1H3,(H,16,17)(H,18,19). The second-order valence-corrected chi connectivity index (χ2v) is 4.30. The van der Waals surface area contributed by atoms with Crippen LogP contribution in [0.25, 0.3) is 0 Å². The summed E-state index contributed by atoms with van der Waals surface area (Å²) in [5, 5.41) is 11.3. The molecule has 1 unspecified atom stereocenters. The van der Waals surface area contributed by atoms with Crippen molar-refractivity contribution in [2.45, 2.75) is 18.9 Å². The molecule has 1 aromatic carbocycles. The number of hydrogen-bond donors (Lipinski definition) is 2. The van der Waals surface area contributed by atoms with Gasteiger partial charge in [-0.1, -0.05) is 6.07 Å². The van der Waals surface area contributed by atoms with E-state index < -0.39 is 23.7 Å². The number of aliphatic carboxylic acids is 1. The SMILES string of the molecule is COCCC(NC(=O)CCOc1cccc(F)c1)C(=O)O. The Morgan fingerprint density at radius 1 is 1.38 bits per heavy atom. The fraction of sp³-hybridized carbons (Fsp3) is 0.429. The van der Waals surface area contributed by atoms with Crippen LogP contribution < -0.4 is 10.1 Å². The first-order chi connectivity index (χ1) is 10.0. The number of amides is 1. The monoisotopic (exact) mass is 299 g/mol. The summed E-state index contributed by atoms with van der Waals surface area (Å²) in [5.74, 6) is -1.68. The van der Waals surface area contributed by atoms with E-state index in [1.807, 2.05) is 0 Å². The molecule has 6 nitrogen and oxygen atoms in total. The minimum atomic E-state index is -1.12. The quantitative estimate of drug-likeness (QED) is 0.715. The van der Waals surface area contributed by atoms with Gasteiger partial charge < -0.3 is 19.9 Å². The lowest BCUT2D eigenvalue weighted by Crippen LogP contribution is -2.41. The number of carbonyl (C=O) groups is 2. The van der Waals surface area contributed by atoms with Crippen LogP contribution in [-0.2, 0) is 14.3 Å². The van der Waals surface area contributed by atoms with Crippen molar-refractivity contribution >= 4 is 11.9 Å². The highest BCUT2D eigenvalue weighted by molar-refractivity contribution is 5.83. The van der Waals surface area contributed by atoms with Crippen molar-refractivity contribution in [3.8, 4) is 5.75 Å². The average Bonchev–Trinajstić information content (AvgIpc) is 2.43. The van der Waals surface area contributed by atoms with E-state index in [9.17, 15) is 14.0 Å². The van der Waals surface area contributed by atoms with Crippen molar-refractivity contribution < 1.29 is 28.6 Å². The molecule has 7 heteroatoms. The van der Waals surface area contributed by atoms with E-state index in [1.54, 1.807) is 6.07 Å². The van der Waals surface area contributed by atoms with Crippen LogP contribution in [0.15, 0.2) is 24.3 Å². The highest BCUT2D eigenvalue weighted by Gasteiger charge is 2.19. The summed E-state index contributed by atoms with van der Waals surface area (Å²) in [6.45, 7) is 0.267. The first kappa shape index (κ1) is 16.9. The van der Waals surface area contributed by atoms with Gasteiger partial charge in [-0.2, -0.15) is 0 Å². The maximum Gasteiger partial charge on any atom is 0.326 e. The van der Waals surface area contributed by atoms with Gasteiger partial charge in [0.05, 0.1) is 13.0 Å². The Bertz CT molecular complexity index is 480. The van der Waals surface area contributed by atoms with Gasteiger partial charge in [-0.25, -0.2) is 9.18 Å². The number of methoxy groups -OCH3 is 1. The van der Waals surface area contributed by atoms with Gasteiger partial charge in [0.25, 0.3) is 0 Å². The van der Waals surface area contributed by atoms with Crippen LogP contribution in [0.3, 0.4) is 0 Å². The van der Waals surface area contributed by atoms with Gasteiger partial charge in [-0.15, -0.1) is 0 Å². The Morgan fingerprint density at radius 3 is 2.76 bits per heavy atom. The molecule has 0 fully saturated rings. The topological polar surface area (TPSA) is 84.9 Å². The minimum Gasteiger partial charge on any atom is -0.493 e. The molecular formula is C14H18FNO5. The Morgan fingerprint density at radius 2 is 2.14 bits per heavy atom. The number of carbonyl (C=O) groups excluding carboxylic acids is 1. The van der Waals surface area contributed by atoms with Crippen molar-refractivity contribution in [3.63, 3.8) is 0 Å². The summed E-state index contributed by atoms with van der Waals surface area (Å²) >= 11 is 0. The van der Waals surface area contributed by atoms with Crippen LogP contribution >= 0.6 is 0 Å². The molecule has 0 spiro atoms. The summed E-state index contributed by atoms with van der Waals surface area (Å²) in [6.07, 6.45) is 0.162. The molecule has 116 valence electrons. The number of ether oxygens (including phenoxy) is 2. The molecule has 21 heavy (non-hydrogen) atoms. The minimum absolute atomic E-state index is 0.0206. The van der Waals surface area contributed by atoms with Crippen LogP contribution in [0.2, 0.25) is 0 Å². The second kappa shape index (κ2) is 8.91. The lowest BCUT2D eigenvalue weighted by atomic mass is 10.2. The van der Waals surface area contributed by atoms with E-state index in [-0.39, 0.29) is 26.1 Å². The Labute approximate surface area is 121 Å². The summed E-state index contributed by atoms with van der Waals surface area (Å²) in [7, 11) is 1.45. The molecule has 0 aromatic heterocycles. The molecule has 2 N–H and O–H groups in total. The lowest BCUT2D eigenvalue weighted by molar-refractivity contribution is -0.142. The molecule has 0 saturated heterocycles. The third-order valence-electron chi connectivity index (χ3n) is 2.64. The fourth-order valence-electron chi connectivity index (χ4n) is 1.58. The normalized spacial score (nSPS) is 11.7. The van der Waals surface area contributed by atoms with Gasteiger partial charge in [0.15, 0.2) is 0 Å². The number of carboxylic acids is 1. The third-order valence-corrected chi connectivity index (χ3v) is 2.64. The Balaban J connectivity index is 2.34. The van der Waals surface area contributed by atoms with Crippen LogP contribution in [0.4, 0.5) is 4.39 Å². The summed E-state index contributed by atoms with van der Waals surface area (Å²) in [6, 6.07) is 4.56. The van der Waals surface area contributed by atoms with E-state index in [4.69, 9.17) is 14.6 Å². The van der Waals surface area contributed by atoms with Gasteiger partial charge in [-0.3, -0.25) is 4.79 Å². The summed E-state index contributed by atoms with van der Waals surface area (Å²) in [5.41, 5.74) is 0. The zero-order chi connectivity index (χ0) is 15.7. The van der Waals surface area contributed by atoms with Crippen LogP contribution in [-0.4, -0.2) is 43.3 Å². The first-order valence-electron chi connectivity index (χ1n) is 6.42. The summed E-state index contributed by atoms with van der Waals surface area (Å²) < 4.78 is 22.9. The highest BCUT2D eigenvalue weighted by atomic mass is 19.1. The van der Waals surface area contributed by atoms with Gasteiger partial charge in [0, 0.05) is 26.2 Å². The number of benzene rings is 1. The first-order valence-corrected chi connectivity index (χ1v) is 6.42. The predicted octanol–water partition coefficient (Wildman–Crippen LogP) is 1.20. The predicted molar refractivity (Wildman–Crippen MR) is 72.6 cm³/mol. The van der Waals surface area contributed by atoms with Crippen molar-refractivity contribution in [3.05, 3.63) is 30.1 Å².